The summed E-state index contributed by atoms with van der Waals surface area (Å²) in [7, 11) is 3.53. The number of benzene rings is 1. The van der Waals surface area contributed by atoms with E-state index >= 15 is 0 Å². The number of ether oxygens (including phenoxy) is 1. The van der Waals surface area contributed by atoms with Gasteiger partial charge in [0.1, 0.15) is 11.4 Å². The third-order valence-corrected chi connectivity index (χ3v) is 4.43. The van der Waals surface area contributed by atoms with Crippen molar-refractivity contribution in [1.82, 2.24) is 9.88 Å². The number of fused-ring (bicyclic) bond motifs is 1. The first kappa shape index (κ1) is 14.0. The number of nitrogens with zero attached hydrogens (tertiary/aromatic N) is 1. The molecule has 1 unspecified atom stereocenters. The van der Waals surface area contributed by atoms with Crippen LogP contribution in [0.2, 0.25) is 0 Å². The van der Waals surface area contributed by atoms with Crippen molar-refractivity contribution in [3.8, 4) is 5.75 Å². The number of amides is 1. The molecular formula is C17H22N2O2. The highest BCUT2D eigenvalue weighted by Crippen LogP contribution is 2.34. The molecule has 1 N–H and O–H groups in total. The van der Waals surface area contributed by atoms with Crippen LogP contribution in [-0.2, 0) is 0 Å². The Hall–Kier alpha value is -1.97. The summed E-state index contributed by atoms with van der Waals surface area (Å²) < 4.78 is 5.34. The molecule has 21 heavy (non-hydrogen) atoms. The topological polar surface area (TPSA) is 45.3 Å². The Morgan fingerprint density at radius 1 is 1.48 bits per heavy atom. The fourth-order valence-electron chi connectivity index (χ4n) is 2.80. The van der Waals surface area contributed by atoms with Gasteiger partial charge in [0.25, 0.3) is 5.91 Å². The quantitative estimate of drug-likeness (QED) is 0.915. The summed E-state index contributed by atoms with van der Waals surface area (Å²) in [6.45, 7) is 2.12. The first-order valence-corrected chi connectivity index (χ1v) is 7.53. The van der Waals surface area contributed by atoms with Crippen LogP contribution < -0.4 is 4.74 Å². The standard InChI is InChI=1S/C17H22N2O2/c1-11(9-12-7-8-12)19(2)17(20)15-10-13-14(18-15)5-4-6-16(13)21-3/h4-6,10-12,18H,7-9H2,1-3H3. The van der Waals surface area contributed by atoms with Gasteiger partial charge >= 0.3 is 0 Å². The average Bonchev–Trinajstić information content (AvgIpc) is 3.19. The molecule has 1 aliphatic rings. The molecule has 0 saturated heterocycles. The minimum absolute atomic E-state index is 0.0430. The number of rotatable bonds is 5. The van der Waals surface area contributed by atoms with Crippen LogP contribution in [0, 0.1) is 5.92 Å². The van der Waals surface area contributed by atoms with Crippen LogP contribution >= 0.6 is 0 Å². The molecule has 1 saturated carbocycles. The summed E-state index contributed by atoms with van der Waals surface area (Å²) in [5.41, 5.74) is 1.56. The van der Waals surface area contributed by atoms with Crippen molar-refractivity contribution in [2.75, 3.05) is 14.2 Å². The van der Waals surface area contributed by atoms with E-state index in [0.717, 1.165) is 29.0 Å². The number of methoxy groups -OCH3 is 1. The normalized spacial score (nSPS) is 16.0. The van der Waals surface area contributed by atoms with Gasteiger partial charge in [-0.05, 0) is 37.5 Å². The van der Waals surface area contributed by atoms with E-state index in [2.05, 4.69) is 11.9 Å². The number of aromatic amines is 1. The predicted molar refractivity (Wildman–Crippen MR) is 83.7 cm³/mol. The molecule has 3 rings (SSSR count). The summed E-state index contributed by atoms with van der Waals surface area (Å²) in [5.74, 6) is 1.65. The molecule has 4 heteroatoms. The van der Waals surface area contributed by atoms with Gasteiger partial charge in [0, 0.05) is 24.0 Å². The zero-order chi connectivity index (χ0) is 15.0. The van der Waals surface area contributed by atoms with Crippen molar-refractivity contribution in [1.29, 1.82) is 0 Å². The third-order valence-electron chi connectivity index (χ3n) is 4.43. The van der Waals surface area contributed by atoms with Gasteiger partial charge in [0.15, 0.2) is 0 Å². The van der Waals surface area contributed by atoms with Crippen LogP contribution in [0.5, 0.6) is 5.75 Å². The van der Waals surface area contributed by atoms with Gasteiger partial charge in [-0.1, -0.05) is 18.9 Å². The average molecular weight is 286 g/mol. The highest BCUT2D eigenvalue weighted by Gasteiger charge is 2.27. The Labute approximate surface area is 125 Å². The lowest BCUT2D eigenvalue weighted by Crippen LogP contribution is -2.35. The number of hydrogen-bond donors (Lipinski definition) is 1. The van der Waals surface area contributed by atoms with Crippen LogP contribution in [0.4, 0.5) is 0 Å². The molecule has 1 atom stereocenters. The lowest BCUT2D eigenvalue weighted by atomic mass is 10.1. The maximum atomic E-state index is 12.6. The van der Waals surface area contributed by atoms with Crippen molar-refractivity contribution >= 4 is 16.8 Å². The Kier molecular flexibility index (Phi) is 3.62. The van der Waals surface area contributed by atoms with Crippen LogP contribution in [0.15, 0.2) is 24.3 Å². The molecule has 4 nitrogen and oxygen atoms in total. The molecule has 1 heterocycles. The second kappa shape index (κ2) is 5.43. The van der Waals surface area contributed by atoms with E-state index in [9.17, 15) is 4.79 Å². The van der Waals surface area contributed by atoms with Crippen molar-refractivity contribution in [3.05, 3.63) is 30.0 Å². The molecule has 0 radical (unpaired) electrons. The van der Waals surface area contributed by atoms with Crippen LogP contribution in [-0.4, -0.2) is 36.0 Å². The molecule has 1 aliphatic carbocycles. The van der Waals surface area contributed by atoms with E-state index in [0.29, 0.717) is 5.69 Å². The molecule has 0 aliphatic heterocycles. The molecule has 0 bridgehead atoms. The zero-order valence-electron chi connectivity index (χ0n) is 12.8. The summed E-state index contributed by atoms with van der Waals surface area (Å²) >= 11 is 0. The first-order chi connectivity index (χ1) is 10.1. The zero-order valence-corrected chi connectivity index (χ0v) is 12.8. The van der Waals surface area contributed by atoms with Crippen molar-refractivity contribution < 1.29 is 9.53 Å². The van der Waals surface area contributed by atoms with Crippen LogP contribution in [0.3, 0.4) is 0 Å². The molecular weight excluding hydrogens is 264 g/mol. The van der Waals surface area contributed by atoms with E-state index in [1.165, 1.54) is 12.8 Å². The Bertz CT molecular complexity index is 658. The van der Waals surface area contributed by atoms with E-state index in [1.54, 1.807) is 7.11 Å². The summed E-state index contributed by atoms with van der Waals surface area (Å²) in [6.07, 6.45) is 3.73. The fourth-order valence-corrected chi connectivity index (χ4v) is 2.80. The highest BCUT2D eigenvalue weighted by atomic mass is 16.5. The second-order valence-corrected chi connectivity index (χ2v) is 6.05. The molecule has 112 valence electrons. The van der Waals surface area contributed by atoms with Crippen LogP contribution in [0.1, 0.15) is 36.7 Å². The molecule has 2 aromatic rings. The Morgan fingerprint density at radius 2 is 2.24 bits per heavy atom. The number of carbonyl (C=O) groups is 1. The monoisotopic (exact) mass is 286 g/mol. The van der Waals surface area contributed by atoms with Gasteiger partial charge in [-0.25, -0.2) is 0 Å². The largest absolute Gasteiger partial charge is 0.496 e. The maximum Gasteiger partial charge on any atom is 0.270 e. The highest BCUT2D eigenvalue weighted by molar-refractivity contribution is 5.99. The van der Waals surface area contributed by atoms with Crippen LogP contribution in [0.25, 0.3) is 10.9 Å². The smallest absolute Gasteiger partial charge is 0.270 e. The SMILES string of the molecule is COc1cccc2[nH]c(C(=O)N(C)C(C)CC3CC3)cc12. The lowest BCUT2D eigenvalue weighted by Gasteiger charge is -2.24. The van der Waals surface area contributed by atoms with Gasteiger partial charge in [0.05, 0.1) is 7.11 Å². The third kappa shape index (κ3) is 2.75. The first-order valence-electron chi connectivity index (χ1n) is 7.53. The van der Waals surface area contributed by atoms with Gasteiger partial charge < -0.3 is 14.6 Å². The summed E-state index contributed by atoms with van der Waals surface area (Å²) in [5, 5.41) is 0.951. The van der Waals surface area contributed by atoms with Gasteiger partial charge in [-0.2, -0.15) is 0 Å². The minimum Gasteiger partial charge on any atom is -0.496 e. The summed E-state index contributed by atoms with van der Waals surface area (Å²) in [6, 6.07) is 7.95. The number of nitrogens with one attached hydrogen (secondary N) is 1. The molecule has 1 fully saturated rings. The van der Waals surface area contributed by atoms with Crippen molar-refractivity contribution in [2.24, 2.45) is 5.92 Å². The van der Waals surface area contributed by atoms with Crippen molar-refractivity contribution in [2.45, 2.75) is 32.2 Å². The predicted octanol–water partition coefficient (Wildman–Crippen LogP) is 3.44. The summed E-state index contributed by atoms with van der Waals surface area (Å²) in [4.78, 5) is 17.7. The second-order valence-electron chi connectivity index (χ2n) is 6.05. The number of carbonyl (C=O) groups excluding carboxylic acids is 1. The Balaban J connectivity index is 1.83. The molecule has 1 amide bonds. The Morgan fingerprint density at radius 3 is 2.90 bits per heavy atom. The van der Waals surface area contributed by atoms with Gasteiger partial charge in [-0.15, -0.1) is 0 Å². The van der Waals surface area contributed by atoms with E-state index in [-0.39, 0.29) is 11.9 Å². The molecule has 1 aromatic carbocycles. The van der Waals surface area contributed by atoms with E-state index < -0.39 is 0 Å². The number of hydrogen-bond acceptors (Lipinski definition) is 2. The number of aromatic nitrogens is 1. The van der Waals surface area contributed by atoms with E-state index in [4.69, 9.17) is 4.74 Å². The van der Waals surface area contributed by atoms with E-state index in [1.807, 2.05) is 36.2 Å². The van der Waals surface area contributed by atoms with Gasteiger partial charge in [-0.3, -0.25) is 4.79 Å². The fraction of sp³-hybridized carbons (Fsp3) is 0.471. The molecule has 0 spiro atoms. The molecule has 1 aromatic heterocycles. The maximum absolute atomic E-state index is 12.6. The van der Waals surface area contributed by atoms with Gasteiger partial charge in [0.2, 0.25) is 0 Å². The minimum atomic E-state index is 0.0430. The lowest BCUT2D eigenvalue weighted by molar-refractivity contribution is 0.0728. The number of H-pyrrole nitrogens is 1. The van der Waals surface area contributed by atoms with Crippen molar-refractivity contribution in [3.63, 3.8) is 0 Å².